The lowest BCUT2D eigenvalue weighted by atomic mass is 10.0. The molecule has 0 spiro atoms. The van der Waals surface area contributed by atoms with Crippen molar-refractivity contribution in [2.75, 3.05) is 13.7 Å². The van der Waals surface area contributed by atoms with E-state index in [-0.39, 0.29) is 6.10 Å². The van der Waals surface area contributed by atoms with Gasteiger partial charge in [0.05, 0.1) is 12.7 Å². The Bertz CT molecular complexity index is 312. The van der Waals surface area contributed by atoms with Crippen LogP contribution in [0.3, 0.4) is 0 Å². The summed E-state index contributed by atoms with van der Waals surface area (Å²) in [6.45, 7) is 0.738. The van der Waals surface area contributed by atoms with Crippen LogP contribution in [-0.4, -0.2) is 13.7 Å². The topological polar surface area (TPSA) is 18.5 Å². The number of rotatable bonds is 1. The molecule has 1 aliphatic rings. The van der Waals surface area contributed by atoms with Gasteiger partial charge in [-0.15, -0.1) is 0 Å². The maximum absolute atomic E-state index is 5.53. The van der Waals surface area contributed by atoms with Crippen LogP contribution in [0.1, 0.15) is 18.1 Å². The molecule has 0 aromatic heterocycles. The number of fused-ring (bicyclic) bond motifs is 1. The lowest BCUT2D eigenvalue weighted by molar-refractivity contribution is 0.0630. The number of hydrogen-bond acceptors (Lipinski definition) is 2. The summed E-state index contributed by atoms with van der Waals surface area (Å²) in [4.78, 5) is 0. The summed E-state index contributed by atoms with van der Waals surface area (Å²) >= 11 is 3.50. The van der Waals surface area contributed by atoms with Gasteiger partial charge < -0.3 is 9.47 Å². The van der Waals surface area contributed by atoms with Crippen molar-refractivity contribution in [3.8, 4) is 5.75 Å². The van der Waals surface area contributed by atoms with Crippen LogP contribution in [-0.2, 0) is 4.74 Å². The molecular formula is C10H11BrO2. The van der Waals surface area contributed by atoms with Gasteiger partial charge in [-0.1, -0.05) is 22.0 Å². The van der Waals surface area contributed by atoms with Crippen molar-refractivity contribution in [2.45, 2.75) is 12.5 Å². The fraction of sp³-hybridized carbons (Fsp3) is 0.400. The standard InChI is InChI=1S/C10H11BrO2/c1-12-8-5-6-13-9-4-2-3-7(11)10(8)9/h2-4,8H,5-6H2,1H3. The van der Waals surface area contributed by atoms with Gasteiger partial charge in [0.15, 0.2) is 0 Å². The molecule has 1 unspecified atom stereocenters. The second kappa shape index (κ2) is 3.68. The van der Waals surface area contributed by atoms with Gasteiger partial charge in [-0.2, -0.15) is 0 Å². The Labute approximate surface area is 86.0 Å². The molecule has 0 aliphatic carbocycles. The summed E-state index contributed by atoms with van der Waals surface area (Å²) in [6, 6.07) is 5.96. The summed E-state index contributed by atoms with van der Waals surface area (Å²) in [7, 11) is 1.74. The smallest absolute Gasteiger partial charge is 0.126 e. The average Bonchev–Trinajstić information content (AvgIpc) is 2.17. The van der Waals surface area contributed by atoms with E-state index in [1.165, 1.54) is 0 Å². The highest BCUT2D eigenvalue weighted by Gasteiger charge is 2.22. The van der Waals surface area contributed by atoms with Crippen LogP contribution in [0.4, 0.5) is 0 Å². The van der Waals surface area contributed by atoms with E-state index in [1.54, 1.807) is 7.11 Å². The first-order valence-electron chi connectivity index (χ1n) is 4.27. The monoisotopic (exact) mass is 242 g/mol. The molecule has 3 heteroatoms. The van der Waals surface area contributed by atoms with Crippen LogP contribution in [0.25, 0.3) is 0 Å². The molecule has 70 valence electrons. The van der Waals surface area contributed by atoms with Gasteiger partial charge in [-0.3, -0.25) is 0 Å². The molecule has 0 saturated carbocycles. The van der Waals surface area contributed by atoms with Gasteiger partial charge in [-0.25, -0.2) is 0 Å². The van der Waals surface area contributed by atoms with E-state index < -0.39 is 0 Å². The molecule has 13 heavy (non-hydrogen) atoms. The number of methoxy groups -OCH3 is 1. The van der Waals surface area contributed by atoms with E-state index in [1.807, 2.05) is 18.2 Å². The molecule has 0 radical (unpaired) electrons. The summed E-state index contributed by atoms with van der Waals surface area (Å²) in [6.07, 6.45) is 1.09. The number of hydrogen-bond donors (Lipinski definition) is 0. The zero-order valence-corrected chi connectivity index (χ0v) is 9.00. The highest BCUT2D eigenvalue weighted by atomic mass is 79.9. The van der Waals surface area contributed by atoms with Gasteiger partial charge in [0.25, 0.3) is 0 Å². The van der Waals surface area contributed by atoms with Crippen molar-refractivity contribution in [1.29, 1.82) is 0 Å². The molecule has 0 bridgehead atoms. The predicted octanol–water partition coefficient (Wildman–Crippen LogP) is 2.92. The zero-order valence-electron chi connectivity index (χ0n) is 7.42. The summed E-state index contributed by atoms with van der Waals surface area (Å²) < 4.78 is 12.0. The maximum Gasteiger partial charge on any atom is 0.126 e. The summed E-state index contributed by atoms with van der Waals surface area (Å²) in [5, 5.41) is 0. The minimum Gasteiger partial charge on any atom is -0.493 e. The molecule has 1 heterocycles. The van der Waals surface area contributed by atoms with E-state index in [0.717, 1.165) is 28.8 Å². The van der Waals surface area contributed by atoms with Crippen LogP contribution >= 0.6 is 15.9 Å². The van der Waals surface area contributed by atoms with E-state index >= 15 is 0 Å². The minimum atomic E-state index is 0.166. The molecular weight excluding hydrogens is 232 g/mol. The Hall–Kier alpha value is -0.540. The zero-order chi connectivity index (χ0) is 9.26. The molecule has 0 N–H and O–H groups in total. The SMILES string of the molecule is COC1CCOc2cccc(Br)c21. The number of benzene rings is 1. The van der Waals surface area contributed by atoms with Crippen molar-refractivity contribution in [3.63, 3.8) is 0 Å². The van der Waals surface area contributed by atoms with E-state index in [9.17, 15) is 0 Å². The molecule has 0 saturated heterocycles. The van der Waals surface area contributed by atoms with Gasteiger partial charge in [0.2, 0.25) is 0 Å². The maximum atomic E-state index is 5.53. The fourth-order valence-corrected chi connectivity index (χ4v) is 2.21. The quantitative estimate of drug-likeness (QED) is 0.754. The predicted molar refractivity (Wildman–Crippen MR) is 54.0 cm³/mol. The molecule has 1 aromatic rings. The Kier molecular flexibility index (Phi) is 2.56. The molecule has 1 atom stereocenters. The minimum absolute atomic E-state index is 0.166. The highest BCUT2D eigenvalue weighted by Crippen LogP contribution is 2.38. The fourth-order valence-electron chi connectivity index (χ4n) is 1.61. The Morgan fingerprint density at radius 1 is 1.54 bits per heavy atom. The first kappa shape index (κ1) is 9.03. The third-order valence-corrected chi connectivity index (χ3v) is 2.95. The van der Waals surface area contributed by atoms with E-state index in [0.29, 0.717) is 0 Å². The number of halogens is 1. The van der Waals surface area contributed by atoms with Crippen molar-refractivity contribution >= 4 is 15.9 Å². The molecule has 2 nitrogen and oxygen atoms in total. The Morgan fingerprint density at radius 2 is 2.38 bits per heavy atom. The van der Waals surface area contributed by atoms with Crippen molar-refractivity contribution < 1.29 is 9.47 Å². The van der Waals surface area contributed by atoms with Gasteiger partial charge in [0, 0.05) is 23.6 Å². The Balaban J connectivity index is 2.47. The van der Waals surface area contributed by atoms with Crippen molar-refractivity contribution in [1.82, 2.24) is 0 Å². The first-order chi connectivity index (χ1) is 6.33. The number of ether oxygens (including phenoxy) is 2. The third kappa shape index (κ3) is 1.58. The van der Waals surface area contributed by atoms with Gasteiger partial charge >= 0.3 is 0 Å². The third-order valence-electron chi connectivity index (χ3n) is 2.26. The lowest BCUT2D eigenvalue weighted by Crippen LogP contribution is -2.15. The Morgan fingerprint density at radius 3 is 3.15 bits per heavy atom. The van der Waals surface area contributed by atoms with E-state index in [2.05, 4.69) is 15.9 Å². The first-order valence-corrected chi connectivity index (χ1v) is 5.06. The molecule has 0 amide bonds. The van der Waals surface area contributed by atoms with Gasteiger partial charge in [0.1, 0.15) is 5.75 Å². The van der Waals surface area contributed by atoms with Gasteiger partial charge in [-0.05, 0) is 12.1 Å². The molecule has 1 aliphatic heterocycles. The van der Waals surface area contributed by atoms with Crippen molar-refractivity contribution in [3.05, 3.63) is 28.2 Å². The molecule has 2 rings (SSSR count). The van der Waals surface area contributed by atoms with Crippen LogP contribution < -0.4 is 4.74 Å². The molecule has 0 fully saturated rings. The average molecular weight is 243 g/mol. The van der Waals surface area contributed by atoms with E-state index in [4.69, 9.17) is 9.47 Å². The highest BCUT2D eigenvalue weighted by molar-refractivity contribution is 9.10. The largest absolute Gasteiger partial charge is 0.493 e. The second-order valence-electron chi connectivity index (χ2n) is 3.01. The van der Waals surface area contributed by atoms with Crippen LogP contribution in [0, 0.1) is 0 Å². The normalized spacial score (nSPS) is 20.6. The van der Waals surface area contributed by atoms with Crippen LogP contribution in [0.5, 0.6) is 5.75 Å². The summed E-state index contributed by atoms with van der Waals surface area (Å²) in [5.41, 5.74) is 1.14. The molecule has 1 aromatic carbocycles. The summed E-state index contributed by atoms with van der Waals surface area (Å²) in [5.74, 6) is 0.937. The second-order valence-corrected chi connectivity index (χ2v) is 3.87. The van der Waals surface area contributed by atoms with Crippen molar-refractivity contribution in [2.24, 2.45) is 0 Å². The van der Waals surface area contributed by atoms with Crippen LogP contribution in [0.2, 0.25) is 0 Å². The lowest BCUT2D eigenvalue weighted by Gasteiger charge is -2.25. The van der Waals surface area contributed by atoms with Crippen LogP contribution in [0.15, 0.2) is 22.7 Å².